The third-order valence-electron chi connectivity index (χ3n) is 2.70. The second kappa shape index (κ2) is 5.74. The van der Waals surface area contributed by atoms with Crippen LogP contribution in [0.4, 0.5) is 0 Å². The largest absolute Gasteiger partial charge is 0.387 e. The van der Waals surface area contributed by atoms with Gasteiger partial charge in [-0.2, -0.15) is 0 Å². The maximum Gasteiger partial charge on any atom is 0.107 e. The van der Waals surface area contributed by atoms with Crippen molar-refractivity contribution in [2.75, 3.05) is 0 Å². The van der Waals surface area contributed by atoms with Crippen LogP contribution in [0.15, 0.2) is 28.7 Å². The summed E-state index contributed by atoms with van der Waals surface area (Å²) in [5, 5.41) is 10.2. The molecule has 2 aromatic rings. The van der Waals surface area contributed by atoms with Gasteiger partial charge in [0.15, 0.2) is 0 Å². The molecule has 1 N–H and O–H groups in total. The van der Waals surface area contributed by atoms with Gasteiger partial charge in [-0.15, -0.1) is 11.3 Å². The summed E-state index contributed by atoms with van der Waals surface area (Å²) in [5.41, 5.74) is 3.60. The number of aryl methyl sites for hydroxylation is 2. The van der Waals surface area contributed by atoms with E-state index in [9.17, 15) is 5.11 Å². The van der Waals surface area contributed by atoms with Crippen molar-refractivity contribution >= 4 is 38.9 Å². The smallest absolute Gasteiger partial charge is 0.107 e. The van der Waals surface area contributed by atoms with Gasteiger partial charge >= 0.3 is 0 Å². The monoisotopic (exact) mass is 344 g/mol. The van der Waals surface area contributed by atoms with Gasteiger partial charge < -0.3 is 5.11 Å². The van der Waals surface area contributed by atoms with Crippen LogP contribution in [-0.4, -0.2) is 5.11 Å². The van der Waals surface area contributed by atoms with Crippen molar-refractivity contribution in [3.05, 3.63) is 54.6 Å². The predicted molar refractivity (Wildman–Crippen MR) is 81.6 cm³/mol. The van der Waals surface area contributed by atoms with Crippen molar-refractivity contribution in [2.24, 2.45) is 0 Å². The molecule has 1 heterocycles. The Morgan fingerprint density at radius 3 is 2.33 bits per heavy atom. The van der Waals surface area contributed by atoms with Crippen LogP contribution in [0.25, 0.3) is 0 Å². The lowest BCUT2D eigenvalue weighted by molar-refractivity contribution is 0.182. The minimum Gasteiger partial charge on any atom is -0.387 e. The van der Waals surface area contributed by atoms with Crippen molar-refractivity contribution in [3.63, 3.8) is 0 Å². The minimum absolute atomic E-state index is 0.500. The van der Waals surface area contributed by atoms with E-state index in [-0.39, 0.29) is 0 Å². The second-order valence-corrected chi connectivity index (χ2v) is 7.03. The van der Waals surface area contributed by atoms with Crippen molar-refractivity contribution in [1.82, 2.24) is 0 Å². The molecule has 2 rings (SSSR count). The molecule has 96 valence electrons. The molecule has 0 aliphatic rings. The first-order chi connectivity index (χ1) is 8.45. The molecule has 1 atom stereocenters. The highest BCUT2D eigenvalue weighted by atomic mass is 79.9. The number of rotatable bonds is 3. The second-order valence-electron chi connectivity index (χ2n) is 4.49. The lowest BCUT2D eigenvalue weighted by Gasteiger charge is -2.10. The zero-order valence-electron chi connectivity index (χ0n) is 10.2. The maximum atomic E-state index is 10.2. The Labute approximate surface area is 125 Å². The van der Waals surface area contributed by atoms with Crippen LogP contribution in [0.1, 0.15) is 27.7 Å². The molecule has 0 amide bonds. The number of aliphatic hydroxyl groups is 1. The van der Waals surface area contributed by atoms with E-state index in [1.54, 1.807) is 0 Å². The highest BCUT2D eigenvalue weighted by molar-refractivity contribution is 9.10. The molecule has 18 heavy (non-hydrogen) atoms. The number of thiophene rings is 1. The van der Waals surface area contributed by atoms with Crippen molar-refractivity contribution < 1.29 is 5.11 Å². The summed E-state index contributed by atoms with van der Waals surface area (Å²) >= 11 is 10.8. The molecule has 0 bridgehead atoms. The molecule has 0 radical (unpaired) electrons. The molecule has 0 fully saturated rings. The molecule has 0 saturated heterocycles. The van der Waals surface area contributed by atoms with Gasteiger partial charge in [-0.05, 0) is 41.4 Å². The molecular formula is C14H14BrClOS. The summed E-state index contributed by atoms with van der Waals surface area (Å²) in [6, 6.07) is 8.25. The van der Waals surface area contributed by atoms with Crippen molar-refractivity contribution in [3.8, 4) is 0 Å². The highest BCUT2D eigenvalue weighted by Gasteiger charge is 2.14. The Bertz CT molecular complexity index is 525. The van der Waals surface area contributed by atoms with Crippen LogP contribution in [0, 0.1) is 13.8 Å². The number of benzene rings is 1. The van der Waals surface area contributed by atoms with Crippen LogP contribution < -0.4 is 0 Å². The molecule has 0 spiro atoms. The Kier molecular flexibility index (Phi) is 4.49. The zero-order chi connectivity index (χ0) is 13.3. The average molecular weight is 346 g/mol. The highest BCUT2D eigenvalue weighted by Crippen LogP contribution is 2.36. The zero-order valence-corrected chi connectivity index (χ0v) is 13.4. The predicted octanol–water partition coefficient (Wildman–Crippen LogP) is 5.06. The fourth-order valence-corrected chi connectivity index (χ4v) is 3.76. The van der Waals surface area contributed by atoms with E-state index in [2.05, 4.69) is 48.0 Å². The molecule has 1 nitrogen and oxygen atoms in total. The third kappa shape index (κ3) is 3.35. The first kappa shape index (κ1) is 14.1. The summed E-state index contributed by atoms with van der Waals surface area (Å²) in [7, 11) is 0. The van der Waals surface area contributed by atoms with Gasteiger partial charge in [0.2, 0.25) is 0 Å². The summed E-state index contributed by atoms with van der Waals surface area (Å²) in [4.78, 5) is 0.894. The van der Waals surface area contributed by atoms with Gasteiger partial charge in [-0.1, -0.05) is 40.9 Å². The third-order valence-corrected chi connectivity index (χ3v) is 5.28. The molecular weight excluding hydrogens is 332 g/mol. The number of halogens is 2. The maximum absolute atomic E-state index is 10.2. The van der Waals surface area contributed by atoms with E-state index >= 15 is 0 Å². The van der Waals surface area contributed by atoms with E-state index in [1.807, 2.05) is 6.07 Å². The van der Waals surface area contributed by atoms with Crippen LogP contribution in [0.2, 0.25) is 4.34 Å². The first-order valence-corrected chi connectivity index (χ1v) is 7.64. The topological polar surface area (TPSA) is 20.2 Å². The van der Waals surface area contributed by atoms with E-state index in [4.69, 9.17) is 11.6 Å². The normalized spacial score (nSPS) is 12.7. The van der Waals surface area contributed by atoms with E-state index in [1.165, 1.54) is 22.5 Å². The standard InChI is InChI=1S/C14H14BrClOS/c1-8-3-9(2)5-10(4-8)6-12(17)13-7-11(15)14(16)18-13/h3-5,7,12,17H,6H2,1-2H3. The van der Waals surface area contributed by atoms with Gasteiger partial charge in [0.25, 0.3) is 0 Å². The van der Waals surface area contributed by atoms with Crippen molar-refractivity contribution in [1.29, 1.82) is 0 Å². The first-order valence-electron chi connectivity index (χ1n) is 5.65. The van der Waals surface area contributed by atoms with E-state index in [0.717, 1.165) is 14.9 Å². The summed E-state index contributed by atoms with van der Waals surface area (Å²) in [6.07, 6.45) is 0.117. The minimum atomic E-state index is -0.500. The summed E-state index contributed by atoms with van der Waals surface area (Å²) in [6.45, 7) is 4.14. The van der Waals surface area contributed by atoms with Crippen LogP contribution in [0.3, 0.4) is 0 Å². The fourth-order valence-electron chi connectivity index (χ4n) is 2.04. The Balaban J connectivity index is 2.18. The Morgan fingerprint density at radius 2 is 1.83 bits per heavy atom. The molecule has 0 saturated carbocycles. The Morgan fingerprint density at radius 1 is 1.22 bits per heavy atom. The van der Waals surface area contributed by atoms with Gasteiger partial charge in [-0.25, -0.2) is 0 Å². The van der Waals surface area contributed by atoms with Gasteiger partial charge in [0.05, 0.1) is 6.10 Å². The molecule has 1 aromatic heterocycles. The lowest BCUT2D eigenvalue weighted by atomic mass is 10.0. The van der Waals surface area contributed by atoms with Gasteiger partial charge in [0, 0.05) is 15.8 Å². The summed E-state index contributed by atoms with van der Waals surface area (Å²) in [5.74, 6) is 0. The fraction of sp³-hybridized carbons (Fsp3) is 0.286. The quantitative estimate of drug-likeness (QED) is 0.824. The number of hydrogen-bond acceptors (Lipinski definition) is 2. The molecule has 4 heteroatoms. The van der Waals surface area contributed by atoms with Gasteiger partial charge in [-0.3, -0.25) is 0 Å². The average Bonchev–Trinajstić information content (AvgIpc) is 2.57. The van der Waals surface area contributed by atoms with E-state index in [0.29, 0.717) is 10.8 Å². The Hall–Kier alpha value is -0.350. The molecule has 0 aliphatic carbocycles. The number of hydrogen-bond donors (Lipinski definition) is 1. The number of aliphatic hydroxyl groups excluding tert-OH is 1. The summed E-state index contributed by atoms with van der Waals surface area (Å²) < 4.78 is 1.54. The van der Waals surface area contributed by atoms with Crippen LogP contribution >= 0.6 is 38.9 Å². The molecule has 1 unspecified atom stereocenters. The van der Waals surface area contributed by atoms with E-state index < -0.39 is 6.10 Å². The SMILES string of the molecule is Cc1cc(C)cc(CC(O)c2cc(Br)c(Cl)s2)c1. The van der Waals surface area contributed by atoms with Crippen molar-refractivity contribution in [2.45, 2.75) is 26.4 Å². The molecule has 1 aromatic carbocycles. The lowest BCUT2D eigenvalue weighted by Crippen LogP contribution is -2.00. The molecule has 0 aliphatic heterocycles. The van der Waals surface area contributed by atoms with Gasteiger partial charge in [0.1, 0.15) is 4.34 Å². The van der Waals surface area contributed by atoms with Crippen LogP contribution in [0.5, 0.6) is 0 Å². The van der Waals surface area contributed by atoms with Crippen LogP contribution in [-0.2, 0) is 6.42 Å².